The van der Waals surface area contributed by atoms with Gasteiger partial charge in [0.05, 0.1) is 19.8 Å². The van der Waals surface area contributed by atoms with E-state index < -0.39 is 39.5 Å². The molecule has 1 aromatic heterocycles. The van der Waals surface area contributed by atoms with Crippen molar-refractivity contribution in [3.63, 3.8) is 0 Å². The Bertz CT molecular complexity index is 1060. The Kier molecular flexibility index (Phi) is 16.8. The zero-order valence-electron chi connectivity index (χ0n) is 23.8. The molecule has 0 saturated carbocycles. The molecule has 0 fully saturated rings. The van der Waals surface area contributed by atoms with Gasteiger partial charge < -0.3 is 32.6 Å². The van der Waals surface area contributed by atoms with Crippen molar-refractivity contribution in [1.29, 1.82) is 0 Å². The van der Waals surface area contributed by atoms with Crippen LogP contribution in [0.4, 0.5) is 0 Å². The molecule has 1 N–H and O–H groups in total. The summed E-state index contributed by atoms with van der Waals surface area (Å²) in [5.41, 5.74) is -1.25. The average Bonchev–Trinajstić information content (AvgIpc) is 2.86. The number of aromatic nitrogens is 2. The van der Waals surface area contributed by atoms with Gasteiger partial charge in [-0.15, -0.1) is 0 Å². The summed E-state index contributed by atoms with van der Waals surface area (Å²) in [5.74, 6) is 1.41. The topological polar surface area (TPSA) is 135 Å². The monoisotopic (exact) mass is 592 g/mol. The Labute approximate surface area is 231 Å². The van der Waals surface area contributed by atoms with E-state index in [1.54, 1.807) is 13.2 Å². The van der Waals surface area contributed by atoms with Crippen molar-refractivity contribution in [3.05, 3.63) is 56.4 Å². The molecule has 4 atom stereocenters. The number of nitrogens with one attached hydrogen (secondary N) is 1. The van der Waals surface area contributed by atoms with E-state index >= 15 is 0 Å². The predicted molar refractivity (Wildman–Crippen MR) is 150 cm³/mol. The van der Waals surface area contributed by atoms with Crippen LogP contribution in [0.25, 0.3) is 4.85 Å². The maximum atomic E-state index is 12.7. The maximum absolute atomic E-state index is 12.7. The van der Waals surface area contributed by atoms with Gasteiger partial charge in [-0.25, -0.2) is 16.0 Å². The first-order valence-electron chi connectivity index (χ1n) is 12.5. The number of hydrogen-bond acceptors (Lipinski definition) is 10. The summed E-state index contributed by atoms with van der Waals surface area (Å²) in [6, 6.07) is 1.33. The minimum atomic E-state index is -3.02. The number of methoxy groups -OCH3 is 1. The Hall–Kier alpha value is -1.71. The van der Waals surface area contributed by atoms with Gasteiger partial charge in [-0.2, -0.15) is 0 Å². The molecule has 0 aliphatic heterocycles. The zero-order chi connectivity index (χ0) is 29.4. The Morgan fingerprint density at radius 3 is 2.38 bits per heavy atom. The molecule has 39 heavy (non-hydrogen) atoms. The smallest absolute Gasteiger partial charge is 0.330 e. The van der Waals surface area contributed by atoms with Crippen LogP contribution >= 0.6 is 15.9 Å². The second-order valence-corrected chi connectivity index (χ2v) is 12.9. The lowest BCUT2D eigenvalue weighted by Crippen LogP contribution is -2.38. The normalized spacial score (nSPS) is 16.0. The van der Waals surface area contributed by atoms with Gasteiger partial charge in [-0.1, -0.05) is 0 Å². The Morgan fingerprint density at radius 2 is 1.82 bits per heavy atom. The Balaban J connectivity index is 3.34. The summed E-state index contributed by atoms with van der Waals surface area (Å²) in [5, 5.41) is 0. The minimum Gasteiger partial charge on any atom is -0.382 e. The van der Waals surface area contributed by atoms with Crippen molar-refractivity contribution in [3.8, 4) is 0 Å². The van der Waals surface area contributed by atoms with Gasteiger partial charge in [0.2, 0.25) is 13.9 Å². The third-order valence-electron chi connectivity index (χ3n) is 5.12. The van der Waals surface area contributed by atoms with Gasteiger partial charge >= 0.3 is 5.69 Å². The average molecular weight is 593 g/mol. The fourth-order valence-electron chi connectivity index (χ4n) is 3.27. The van der Waals surface area contributed by atoms with Gasteiger partial charge in [0.25, 0.3) is 14.1 Å². The molecule has 0 amide bonds. The highest BCUT2D eigenvalue weighted by atomic mass is 31.2. The third kappa shape index (κ3) is 13.5. The highest BCUT2D eigenvalue weighted by Crippen LogP contribution is 2.46. The highest BCUT2D eigenvalue weighted by Gasteiger charge is 2.30. The van der Waals surface area contributed by atoms with E-state index in [4.69, 9.17) is 34.4 Å². The maximum Gasteiger partial charge on any atom is 0.330 e. The first-order chi connectivity index (χ1) is 18.4. The van der Waals surface area contributed by atoms with Crippen LogP contribution in [0.15, 0.2) is 33.7 Å². The molecule has 1 heterocycles. The van der Waals surface area contributed by atoms with Crippen molar-refractivity contribution < 1.29 is 32.3 Å². The van der Waals surface area contributed by atoms with Crippen LogP contribution in [0.5, 0.6) is 0 Å². The molecular formula is C24H42N4O9P2. The van der Waals surface area contributed by atoms with E-state index in [9.17, 15) is 14.2 Å². The highest BCUT2D eigenvalue weighted by molar-refractivity contribution is 7.61. The van der Waals surface area contributed by atoms with E-state index in [1.807, 2.05) is 32.4 Å². The van der Waals surface area contributed by atoms with Crippen LogP contribution in [-0.2, 0) is 32.3 Å². The molecule has 0 saturated heterocycles. The standard InChI is InChI=1S/C24H42N4O9P2/c1-19(2)28(20(3)4)38(35-13-11-25-5)36-18-23(27-12-9-22(29)26-24(27)30)37-21(17-34-15-14-32-6)10-16-39(8,31)33-7/h9-10,12,16,19-21,23H,11,13-15,17-18H2,1-4,6-8H3,(H,26,29,30)/b16-10+/t21-,23-,38?,39?/m1/s1. The molecule has 1 rings (SSSR count). The summed E-state index contributed by atoms with van der Waals surface area (Å²) < 4.78 is 49.8. The number of rotatable bonds is 20. The van der Waals surface area contributed by atoms with E-state index in [1.165, 1.54) is 36.4 Å². The molecule has 1 aromatic rings. The van der Waals surface area contributed by atoms with Crippen molar-refractivity contribution >= 4 is 15.9 Å². The molecule has 2 unspecified atom stereocenters. The fraction of sp³-hybridized carbons (Fsp3) is 0.708. The molecule has 13 nitrogen and oxygen atoms in total. The second-order valence-electron chi connectivity index (χ2n) is 8.96. The van der Waals surface area contributed by atoms with Crippen molar-refractivity contribution in [2.45, 2.75) is 52.1 Å². The van der Waals surface area contributed by atoms with Crippen LogP contribution < -0.4 is 11.2 Å². The van der Waals surface area contributed by atoms with Crippen LogP contribution in [0.2, 0.25) is 0 Å². The lowest BCUT2D eigenvalue weighted by atomic mass is 10.3. The van der Waals surface area contributed by atoms with E-state index in [-0.39, 0.29) is 45.1 Å². The summed E-state index contributed by atoms with van der Waals surface area (Å²) >= 11 is 0. The summed E-state index contributed by atoms with van der Waals surface area (Å²) in [7, 11) is -1.76. The number of H-pyrrole nitrogens is 1. The molecule has 0 radical (unpaired) electrons. The Morgan fingerprint density at radius 1 is 1.13 bits per heavy atom. The van der Waals surface area contributed by atoms with Gasteiger partial charge in [0, 0.05) is 45.2 Å². The molecule has 0 spiro atoms. The fourth-order valence-corrected chi connectivity index (χ4v) is 5.49. The zero-order valence-corrected chi connectivity index (χ0v) is 25.6. The largest absolute Gasteiger partial charge is 0.382 e. The van der Waals surface area contributed by atoms with Gasteiger partial charge in [0.1, 0.15) is 19.3 Å². The second kappa shape index (κ2) is 18.6. The van der Waals surface area contributed by atoms with Crippen LogP contribution in [-0.4, -0.2) is 92.9 Å². The number of aromatic amines is 1. The van der Waals surface area contributed by atoms with Crippen molar-refractivity contribution in [1.82, 2.24) is 14.2 Å². The molecule has 15 heteroatoms. The van der Waals surface area contributed by atoms with Crippen molar-refractivity contribution in [2.75, 3.05) is 60.5 Å². The quantitative estimate of drug-likeness (QED) is 0.136. The minimum absolute atomic E-state index is 0.0541. The van der Waals surface area contributed by atoms with Crippen molar-refractivity contribution in [2.24, 2.45) is 0 Å². The lowest BCUT2D eigenvalue weighted by Gasteiger charge is -2.36. The lowest BCUT2D eigenvalue weighted by molar-refractivity contribution is -0.0895. The summed E-state index contributed by atoms with van der Waals surface area (Å²) in [6.07, 6.45) is 1.07. The number of nitrogens with zero attached hydrogens (tertiary/aromatic N) is 3. The van der Waals surface area contributed by atoms with E-state index in [0.717, 1.165) is 0 Å². The molecule has 0 aromatic carbocycles. The molecular weight excluding hydrogens is 550 g/mol. The molecule has 222 valence electrons. The SMILES string of the molecule is [C-]#[N+]CCOP(OC[C@@H](O[C@H](/C=C/P(C)(=O)OC)COCCOC)n1ccc(=O)[nH]c1=O)N(C(C)C)C(C)C. The van der Waals surface area contributed by atoms with Crippen LogP contribution in [0, 0.1) is 6.57 Å². The van der Waals surface area contributed by atoms with E-state index in [2.05, 4.69) is 9.83 Å². The van der Waals surface area contributed by atoms with Gasteiger partial charge in [-0.3, -0.25) is 18.9 Å². The van der Waals surface area contributed by atoms with Gasteiger partial charge in [0.15, 0.2) is 6.23 Å². The predicted octanol–water partition coefficient (Wildman–Crippen LogP) is 3.45. The first kappa shape index (κ1) is 35.3. The number of ether oxygens (including phenoxy) is 3. The molecule has 0 aliphatic carbocycles. The summed E-state index contributed by atoms with van der Waals surface area (Å²) in [4.78, 5) is 30.0. The van der Waals surface area contributed by atoms with Crippen LogP contribution in [0.1, 0.15) is 33.9 Å². The summed E-state index contributed by atoms with van der Waals surface area (Å²) in [6.45, 7) is 17.5. The van der Waals surface area contributed by atoms with E-state index in [0.29, 0.717) is 6.61 Å². The number of hydrogen-bond donors (Lipinski definition) is 1. The van der Waals surface area contributed by atoms with Gasteiger partial charge in [-0.05, 0) is 39.6 Å². The molecule has 0 bridgehead atoms. The first-order valence-corrected chi connectivity index (χ1v) is 15.8. The third-order valence-corrected chi connectivity index (χ3v) is 8.63. The van der Waals surface area contributed by atoms with Crippen LogP contribution in [0.3, 0.4) is 0 Å². The molecule has 0 aliphatic rings.